The molecule has 0 saturated heterocycles. The largest absolute Gasteiger partial charge is 0.487 e. The number of pyridine rings is 1. The second-order valence-corrected chi connectivity index (χ2v) is 10.00. The highest BCUT2D eigenvalue weighted by Gasteiger charge is 2.16. The van der Waals surface area contributed by atoms with E-state index >= 15 is 0 Å². The molecule has 0 fully saturated rings. The molecule has 3 aromatic carbocycles. The molecule has 2 N–H and O–H groups in total. The van der Waals surface area contributed by atoms with Crippen molar-refractivity contribution in [2.24, 2.45) is 0 Å². The summed E-state index contributed by atoms with van der Waals surface area (Å²) in [5, 5.41) is 7.98. The third-order valence-electron chi connectivity index (χ3n) is 7.14. The average molecular weight is 553 g/mol. The van der Waals surface area contributed by atoms with Crippen LogP contribution in [0.4, 0.5) is 5.82 Å². The first-order valence-electron chi connectivity index (χ1n) is 14.0. The number of carbonyl (C=O) groups excluding carboxylic acids is 1. The van der Waals surface area contributed by atoms with Gasteiger partial charge >= 0.3 is 5.97 Å². The van der Waals surface area contributed by atoms with E-state index in [4.69, 9.17) is 25.0 Å². The molecule has 8 heteroatoms. The Labute approximate surface area is 240 Å². The number of esters is 1. The van der Waals surface area contributed by atoms with Gasteiger partial charge in [-0.3, -0.25) is 9.48 Å². The molecule has 0 aliphatic carbocycles. The number of aryl methyl sites for hydroxylation is 1. The maximum Gasteiger partial charge on any atom is 0.310 e. The van der Waals surface area contributed by atoms with E-state index in [2.05, 4.69) is 40.9 Å². The summed E-state index contributed by atoms with van der Waals surface area (Å²) in [6.45, 7) is 5.83. The smallest absolute Gasteiger partial charge is 0.310 e. The quantitative estimate of drug-likeness (QED) is 0.177. The van der Waals surface area contributed by atoms with Gasteiger partial charge in [0.2, 0.25) is 0 Å². The first-order valence-corrected chi connectivity index (χ1v) is 14.0. The number of hydrogen-bond acceptors (Lipinski definition) is 7. The van der Waals surface area contributed by atoms with Crippen LogP contribution < -0.4 is 10.5 Å². The fourth-order valence-electron chi connectivity index (χ4n) is 5.16. The Kier molecular flexibility index (Phi) is 8.79. The van der Waals surface area contributed by atoms with Crippen molar-refractivity contribution in [2.45, 2.75) is 52.9 Å². The summed E-state index contributed by atoms with van der Waals surface area (Å²) in [5.74, 6) is 0.848. The van der Waals surface area contributed by atoms with Gasteiger partial charge < -0.3 is 19.9 Å². The Bertz CT molecular complexity index is 1680. The lowest BCUT2D eigenvalue weighted by Gasteiger charge is -2.13. The summed E-state index contributed by atoms with van der Waals surface area (Å²) < 4.78 is 18.9. The number of ether oxygens (including phenoxy) is 3. The molecule has 212 valence electrons. The Morgan fingerprint density at radius 3 is 2.66 bits per heavy atom. The monoisotopic (exact) mass is 552 g/mol. The Morgan fingerprint density at radius 2 is 1.85 bits per heavy atom. The molecule has 0 amide bonds. The second kappa shape index (κ2) is 12.8. The number of methoxy groups -OCH3 is 1. The van der Waals surface area contributed by atoms with Crippen LogP contribution in [0.1, 0.15) is 43.5 Å². The topological polar surface area (TPSA) is 101 Å². The lowest BCUT2D eigenvalue weighted by molar-refractivity contribution is -0.142. The van der Waals surface area contributed by atoms with E-state index in [1.54, 1.807) is 20.2 Å². The van der Waals surface area contributed by atoms with Gasteiger partial charge in [-0.25, -0.2) is 4.98 Å². The van der Waals surface area contributed by atoms with Gasteiger partial charge in [0, 0.05) is 36.2 Å². The first kappa shape index (κ1) is 28.1. The van der Waals surface area contributed by atoms with Gasteiger partial charge in [-0.1, -0.05) is 43.7 Å². The normalized spacial score (nSPS) is 11.3. The predicted octanol–water partition coefficient (Wildman–Crippen LogP) is 6.46. The van der Waals surface area contributed by atoms with Crippen LogP contribution in [-0.2, 0) is 40.4 Å². The molecule has 0 saturated carbocycles. The number of hydrogen-bond donors (Lipinski definition) is 1. The lowest BCUT2D eigenvalue weighted by Crippen LogP contribution is -2.10. The summed E-state index contributed by atoms with van der Waals surface area (Å²) in [7, 11) is 1.65. The lowest BCUT2D eigenvalue weighted by atomic mass is 9.97. The van der Waals surface area contributed by atoms with Gasteiger partial charge in [0.25, 0.3) is 0 Å². The van der Waals surface area contributed by atoms with Crippen LogP contribution in [0, 0.1) is 0 Å². The highest BCUT2D eigenvalue weighted by molar-refractivity contribution is 6.02. The highest BCUT2D eigenvalue weighted by Crippen LogP contribution is 2.34. The highest BCUT2D eigenvalue weighted by atomic mass is 16.5. The Hall–Kier alpha value is -4.43. The van der Waals surface area contributed by atoms with Gasteiger partial charge in [0.15, 0.2) is 0 Å². The molecule has 8 nitrogen and oxygen atoms in total. The molecule has 0 aliphatic heterocycles. The van der Waals surface area contributed by atoms with Crippen molar-refractivity contribution >= 4 is 33.5 Å². The number of anilines is 1. The van der Waals surface area contributed by atoms with Crippen LogP contribution in [-0.4, -0.2) is 34.5 Å². The van der Waals surface area contributed by atoms with Crippen LogP contribution >= 0.6 is 0 Å². The zero-order valence-corrected chi connectivity index (χ0v) is 23.9. The number of nitrogens with two attached hydrogens (primary N) is 1. The van der Waals surface area contributed by atoms with E-state index in [-0.39, 0.29) is 19.0 Å². The van der Waals surface area contributed by atoms with Crippen molar-refractivity contribution in [1.82, 2.24) is 14.8 Å². The molecule has 0 aliphatic rings. The number of aromatic nitrogens is 3. The van der Waals surface area contributed by atoms with Gasteiger partial charge in [-0.15, -0.1) is 0 Å². The summed E-state index contributed by atoms with van der Waals surface area (Å²) in [4.78, 5) is 16.6. The minimum absolute atomic E-state index is 0.121. The summed E-state index contributed by atoms with van der Waals surface area (Å²) in [6, 6.07) is 20.3. The number of rotatable bonds is 12. The molecule has 0 atom stereocenters. The molecular formula is C33H36N4O4. The molecule has 5 aromatic rings. The Morgan fingerprint density at radius 1 is 0.976 bits per heavy atom. The van der Waals surface area contributed by atoms with E-state index in [0.29, 0.717) is 24.8 Å². The van der Waals surface area contributed by atoms with Crippen molar-refractivity contribution in [3.05, 3.63) is 83.7 Å². The average Bonchev–Trinajstić information content (AvgIpc) is 3.32. The molecular weight excluding hydrogens is 516 g/mol. The van der Waals surface area contributed by atoms with Crippen LogP contribution in [0.25, 0.3) is 32.8 Å². The van der Waals surface area contributed by atoms with Crippen molar-refractivity contribution < 1.29 is 19.0 Å². The van der Waals surface area contributed by atoms with E-state index in [9.17, 15) is 4.79 Å². The van der Waals surface area contributed by atoms with E-state index in [1.165, 1.54) is 0 Å². The minimum atomic E-state index is -0.295. The molecule has 2 heterocycles. The van der Waals surface area contributed by atoms with Gasteiger partial charge in [-0.05, 0) is 65.8 Å². The fourth-order valence-corrected chi connectivity index (χ4v) is 5.16. The minimum Gasteiger partial charge on any atom is -0.487 e. The van der Waals surface area contributed by atoms with Crippen molar-refractivity contribution in [1.29, 1.82) is 0 Å². The van der Waals surface area contributed by atoms with Gasteiger partial charge in [-0.2, -0.15) is 5.10 Å². The molecule has 0 bridgehead atoms. The zero-order chi connectivity index (χ0) is 28.8. The maximum atomic E-state index is 12.3. The Balaban J connectivity index is 1.52. The predicted molar refractivity (Wildman–Crippen MR) is 162 cm³/mol. The molecule has 0 unspecified atom stereocenters. The SMILES string of the molecule is CCCCn1nc(COc2ccc(COC)cc2CC(=O)OCC)c2cc(-c3cccc4c(N)nccc34)ccc21. The van der Waals surface area contributed by atoms with E-state index in [1.807, 2.05) is 36.4 Å². The molecule has 2 aromatic heterocycles. The van der Waals surface area contributed by atoms with Gasteiger partial charge in [0.1, 0.15) is 23.9 Å². The third-order valence-corrected chi connectivity index (χ3v) is 7.14. The molecule has 0 radical (unpaired) electrons. The number of benzene rings is 3. The van der Waals surface area contributed by atoms with Crippen LogP contribution in [0.3, 0.4) is 0 Å². The summed E-state index contributed by atoms with van der Waals surface area (Å²) in [5.41, 5.74) is 11.9. The van der Waals surface area contributed by atoms with Crippen LogP contribution in [0.5, 0.6) is 5.75 Å². The van der Waals surface area contributed by atoms with Crippen molar-refractivity contribution in [3.63, 3.8) is 0 Å². The van der Waals surface area contributed by atoms with Crippen LogP contribution in [0.2, 0.25) is 0 Å². The third kappa shape index (κ3) is 6.18. The van der Waals surface area contributed by atoms with Crippen molar-refractivity contribution in [3.8, 4) is 16.9 Å². The standard InChI is InChI=1S/C33H36N4O4/c1-4-6-16-37-30-12-11-23(25-8-7-9-27-26(25)14-15-35-33(27)34)18-28(30)29(36-37)21-41-31-13-10-22(20-39-3)17-24(31)19-32(38)40-5-2/h7-15,17-18H,4-6,16,19-21H2,1-3H3,(H2,34,35). The summed E-state index contributed by atoms with van der Waals surface area (Å²) >= 11 is 0. The second-order valence-electron chi connectivity index (χ2n) is 10.00. The number of carbonyl (C=O) groups is 1. The maximum absolute atomic E-state index is 12.3. The van der Waals surface area contributed by atoms with Crippen LogP contribution in [0.15, 0.2) is 66.9 Å². The molecule has 41 heavy (non-hydrogen) atoms. The van der Waals surface area contributed by atoms with Crippen molar-refractivity contribution in [2.75, 3.05) is 19.5 Å². The fraction of sp³-hybridized carbons (Fsp3) is 0.303. The zero-order valence-electron chi connectivity index (χ0n) is 23.9. The van der Waals surface area contributed by atoms with E-state index in [0.717, 1.165) is 69.0 Å². The first-order chi connectivity index (χ1) is 20.0. The molecule has 5 rings (SSSR count). The number of nitrogens with zero attached hydrogens (tertiary/aromatic N) is 3. The molecule has 0 spiro atoms. The number of nitrogen functional groups attached to an aromatic ring is 1. The number of fused-ring (bicyclic) bond motifs is 2. The number of unbranched alkanes of at least 4 members (excludes halogenated alkanes) is 1. The van der Waals surface area contributed by atoms with Gasteiger partial charge in [0.05, 0.1) is 25.2 Å². The van der Waals surface area contributed by atoms with E-state index < -0.39 is 0 Å². The summed E-state index contributed by atoms with van der Waals surface area (Å²) in [6.07, 6.45) is 3.96.